The second-order valence-electron chi connectivity index (χ2n) is 6.93. The predicted octanol–water partition coefficient (Wildman–Crippen LogP) is 1.03. The summed E-state index contributed by atoms with van der Waals surface area (Å²) in [5, 5.41) is 3.58. The molecule has 0 aliphatic carbocycles. The molecule has 4 heteroatoms. The van der Waals surface area contributed by atoms with Crippen LogP contribution in [0.2, 0.25) is 0 Å². The molecule has 1 unspecified atom stereocenters. The van der Waals surface area contributed by atoms with E-state index in [1.165, 1.54) is 39.1 Å². The van der Waals surface area contributed by atoms with Gasteiger partial charge in [-0.3, -0.25) is 9.80 Å². The highest BCUT2D eigenvalue weighted by Gasteiger charge is 2.25. The molecular formula is C15H31N3O. The monoisotopic (exact) mass is 269 g/mol. The van der Waals surface area contributed by atoms with Crippen molar-refractivity contribution in [3.8, 4) is 0 Å². The summed E-state index contributed by atoms with van der Waals surface area (Å²) in [5.74, 6) is 0.748. The van der Waals surface area contributed by atoms with E-state index in [2.05, 4.69) is 35.9 Å². The molecular weight excluding hydrogens is 238 g/mol. The molecule has 0 aromatic carbocycles. The predicted molar refractivity (Wildman–Crippen MR) is 79.6 cm³/mol. The molecule has 2 rings (SSSR count). The van der Waals surface area contributed by atoms with Gasteiger partial charge in [0, 0.05) is 58.0 Å². The van der Waals surface area contributed by atoms with Crippen LogP contribution >= 0.6 is 0 Å². The van der Waals surface area contributed by atoms with Gasteiger partial charge in [0.05, 0.1) is 6.61 Å². The highest BCUT2D eigenvalue weighted by atomic mass is 16.5. The van der Waals surface area contributed by atoms with Gasteiger partial charge in [-0.1, -0.05) is 0 Å². The average Bonchev–Trinajstić information content (AvgIpc) is 2.87. The van der Waals surface area contributed by atoms with Crippen LogP contribution in [0.15, 0.2) is 0 Å². The van der Waals surface area contributed by atoms with E-state index in [1.54, 1.807) is 0 Å². The van der Waals surface area contributed by atoms with Crippen molar-refractivity contribution >= 4 is 0 Å². The highest BCUT2D eigenvalue weighted by Crippen LogP contribution is 2.15. The molecule has 1 atom stereocenters. The van der Waals surface area contributed by atoms with Crippen LogP contribution < -0.4 is 5.32 Å². The molecule has 2 aliphatic rings. The van der Waals surface area contributed by atoms with E-state index in [0.717, 1.165) is 32.2 Å². The molecule has 1 N–H and O–H groups in total. The minimum absolute atomic E-state index is 0.326. The van der Waals surface area contributed by atoms with Crippen molar-refractivity contribution in [2.75, 3.05) is 59.0 Å². The summed E-state index contributed by atoms with van der Waals surface area (Å²) in [6, 6.07) is 0. The van der Waals surface area contributed by atoms with Gasteiger partial charge in [0.15, 0.2) is 0 Å². The van der Waals surface area contributed by atoms with Crippen molar-refractivity contribution in [3.05, 3.63) is 0 Å². The van der Waals surface area contributed by atoms with Crippen LogP contribution in [0.1, 0.15) is 27.2 Å². The number of piperazine rings is 1. The molecule has 0 bridgehead atoms. The molecule has 0 radical (unpaired) electrons. The normalized spacial score (nSPS) is 27.0. The first kappa shape index (κ1) is 15.2. The summed E-state index contributed by atoms with van der Waals surface area (Å²) < 4.78 is 5.39. The fourth-order valence-corrected chi connectivity index (χ4v) is 2.93. The van der Waals surface area contributed by atoms with Gasteiger partial charge < -0.3 is 10.1 Å². The molecule has 0 spiro atoms. The molecule has 0 amide bonds. The average molecular weight is 269 g/mol. The van der Waals surface area contributed by atoms with Crippen LogP contribution in [0.4, 0.5) is 0 Å². The third-order valence-corrected chi connectivity index (χ3v) is 4.38. The Hall–Kier alpha value is -0.160. The smallest absolute Gasteiger partial charge is 0.0507 e. The molecule has 0 aromatic heterocycles. The SMILES string of the molecule is CC(C)(C)N1CCN(CCNCC2CCOC2)CC1. The third-order valence-electron chi connectivity index (χ3n) is 4.38. The van der Waals surface area contributed by atoms with Crippen molar-refractivity contribution in [2.24, 2.45) is 5.92 Å². The number of rotatable bonds is 5. The van der Waals surface area contributed by atoms with E-state index in [0.29, 0.717) is 5.54 Å². The molecule has 2 fully saturated rings. The van der Waals surface area contributed by atoms with E-state index >= 15 is 0 Å². The Morgan fingerprint density at radius 1 is 1.16 bits per heavy atom. The lowest BCUT2D eigenvalue weighted by molar-refractivity contribution is 0.0627. The Balaban J connectivity index is 1.53. The summed E-state index contributed by atoms with van der Waals surface area (Å²) in [6.07, 6.45) is 1.23. The molecule has 0 aromatic rings. The number of ether oxygens (including phenoxy) is 1. The van der Waals surface area contributed by atoms with Crippen LogP contribution in [0.25, 0.3) is 0 Å². The Bertz CT molecular complexity index is 251. The fraction of sp³-hybridized carbons (Fsp3) is 1.00. The lowest BCUT2D eigenvalue weighted by atomic mass is 10.1. The first-order valence-corrected chi connectivity index (χ1v) is 7.81. The summed E-state index contributed by atoms with van der Waals surface area (Å²) in [5.41, 5.74) is 0.326. The Morgan fingerprint density at radius 3 is 2.47 bits per heavy atom. The van der Waals surface area contributed by atoms with Gasteiger partial charge in [0.2, 0.25) is 0 Å². The first-order valence-electron chi connectivity index (χ1n) is 7.81. The van der Waals surface area contributed by atoms with Crippen LogP contribution in [0.5, 0.6) is 0 Å². The Kier molecular flexibility index (Phi) is 5.63. The maximum Gasteiger partial charge on any atom is 0.0507 e. The van der Waals surface area contributed by atoms with E-state index in [-0.39, 0.29) is 0 Å². The molecule has 4 nitrogen and oxygen atoms in total. The molecule has 2 saturated heterocycles. The van der Waals surface area contributed by atoms with Crippen molar-refractivity contribution in [3.63, 3.8) is 0 Å². The fourth-order valence-electron chi connectivity index (χ4n) is 2.93. The quantitative estimate of drug-likeness (QED) is 0.755. The third kappa shape index (κ3) is 5.03. The topological polar surface area (TPSA) is 27.7 Å². The Labute approximate surface area is 118 Å². The number of hydrogen-bond acceptors (Lipinski definition) is 4. The maximum absolute atomic E-state index is 5.39. The molecule has 2 heterocycles. The molecule has 0 saturated carbocycles. The van der Waals surface area contributed by atoms with Crippen LogP contribution in [0.3, 0.4) is 0 Å². The highest BCUT2D eigenvalue weighted by molar-refractivity contribution is 4.82. The van der Waals surface area contributed by atoms with Gasteiger partial charge in [-0.25, -0.2) is 0 Å². The first-order chi connectivity index (χ1) is 9.05. The summed E-state index contributed by atoms with van der Waals surface area (Å²) in [6.45, 7) is 17.1. The van der Waals surface area contributed by atoms with Crippen molar-refractivity contribution in [2.45, 2.75) is 32.7 Å². The van der Waals surface area contributed by atoms with E-state index in [4.69, 9.17) is 4.74 Å². The minimum Gasteiger partial charge on any atom is -0.381 e. The van der Waals surface area contributed by atoms with Gasteiger partial charge in [0.1, 0.15) is 0 Å². The number of nitrogens with zero attached hydrogens (tertiary/aromatic N) is 2. The maximum atomic E-state index is 5.39. The number of nitrogens with one attached hydrogen (secondary N) is 1. The van der Waals surface area contributed by atoms with Crippen molar-refractivity contribution in [1.82, 2.24) is 15.1 Å². The Morgan fingerprint density at radius 2 is 1.89 bits per heavy atom. The largest absolute Gasteiger partial charge is 0.381 e. The van der Waals surface area contributed by atoms with Crippen LogP contribution in [-0.2, 0) is 4.74 Å². The second kappa shape index (κ2) is 7.02. The second-order valence-corrected chi connectivity index (χ2v) is 6.93. The van der Waals surface area contributed by atoms with E-state index in [1.807, 2.05) is 0 Å². The van der Waals surface area contributed by atoms with Gasteiger partial charge in [-0.2, -0.15) is 0 Å². The zero-order valence-electron chi connectivity index (χ0n) is 13.0. The van der Waals surface area contributed by atoms with Crippen molar-refractivity contribution < 1.29 is 4.74 Å². The molecule has 112 valence electrons. The zero-order chi connectivity index (χ0) is 13.7. The minimum atomic E-state index is 0.326. The van der Waals surface area contributed by atoms with Gasteiger partial charge in [0.25, 0.3) is 0 Å². The molecule has 19 heavy (non-hydrogen) atoms. The molecule has 2 aliphatic heterocycles. The summed E-state index contributed by atoms with van der Waals surface area (Å²) in [4.78, 5) is 5.17. The van der Waals surface area contributed by atoms with Gasteiger partial charge >= 0.3 is 0 Å². The standard InChI is InChI=1S/C15H31N3O/c1-15(2,3)18-9-7-17(8-10-18)6-5-16-12-14-4-11-19-13-14/h14,16H,4-13H2,1-3H3. The van der Waals surface area contributed by atoms with Crippen molar-refractivity contribution in [1.29, 1.82) is 0 Å². The van der Waals surface area contributed by atoms with Crippen LogP contribution in [0, 0.1) is 5.92 Å². The lowest BCUT2D eigenvalue weighted by Gasteiger charge is -2.42. The van der Waals surface area contributed by atoms with E-state index in [9.17, 15) is 0 Å². The summed E-state index contributed by atoms with van der Waals surface area (Å²) in [7, 11) is 0. The van der Waals surface area contributed by atoms with Gasteiger partial charge in [-0.15, -0.1) is 0 Å². The van der Waals surface area contributed by atoms with E-state index < -0.39 is 0 Å². The summed E-state index contributed by atoms with van der Waals surface area (Å²) >= 11 is 0. The lowest BCUT2D eigenvalue weighted by Crippen LogP contribution is -2.54. The van der Waals surface area contributed by atoms with Crippen LogP contribution in [-0.4, -0.2) is 74.4 Å². The number of hydrogen-bond donors (Lipinski definition) is 1. The zero-order valence-corrected chi connectivity index (χ0v) is 13.0. The van der Waals surface area contributed by atoms with Gasteiger partial charge in [-0.05, 0) is 33.1 Å².